The molecule has 1 saturated heterocycles. The molecule has 3 aromatic rings. The number of ether oxygens (including phenoxy) is 1. The number of rotatable bonds is 2. The number of carbonyl (C=O) groups is 3. The van der Waals surface area contributed by atoms with E-state index >= 15 is 0 Å². The number of imide groups is 1. The summed E-state index contributed by atoms with van der Waals surface area (Å²) >= 11 is 6.38. The van der Waals surface area contributed by atoms with Crippen LogP contribution >= 0.6 is 11.6 Å². The number of fused-ring (bicyclic) bond motifs is 5. The van der Waals surface area contributed by atoms with Crippen molar-refractivity contribution >= 4 is 40.6 Å². The zero-order valence-corrected chi connectivity index (χ0v) is 19.0. The first-order chi connectivity index (χ1) is 16.5. The number of halogens is 1. The quantitative estimate of drug-likeness (QED) is 0.295. The summed E-state index contributed by atoms with van der Waals surface area (Å²) in [4.78, 5) is 42.1. The molecule has 2 aliphatic heterocycles. The highest BCUT2D eigenvalue weighted by Gasteiger charge is 2.60. The molecule has 6 heteroatoms. The van der Waals surface area contributed by atoms with Gasteiger partial charge >= 0.3 is 5.97 Å². The molecule has 1 aliphatic carbocycles. The summed E-state index contributed by atoms with van der Waals surface area (Å²) in [6.07, 6.45) is 1.98. The van der Waals surface area contributed by atoms with Gasteiger partial charge in [0.05, 0.1) is 28.5 Å². The molecule has 4 atom stereocenters. The zero-order valence-electron chi connectivity index (χ0n) is 18.3. The van der Waals surface area contributed by atoms with E-state index in [9.17, 15) is 14.4 Å². The van der Waals surface area contributed by atoms with Crippen LogP contribution in [0, 0.1) is 24.7 Å². The molecule has 6 rings (SSSR count). The van der Waals surface area contributed by atoms with Gasteiger partial charge in [-0.25, -0.2) is 4.90 Å². The van der Waals surface area contributed by atoms with E-state index in [4.69, 9.17) is 16.3 Å². The van der Waals surface area contributed by atoms with Crippen molar-refractivity contribution < 1.29 is 19.1 Å². The van der Waals surface area contributed by atoms with Crippen molar-refractivity contribution in [2.75, 3.05) is 4.90 Å². The zero-order chi connectivity index (χ0) is 23.6. The number of nitrogens with zero attached hydrogens (tertiary/aromatic N) is 1. The van der Waals surface area contributed by atoms with Crippen LogP contribution in [0.25, 0.3) is 5.57 Å². The molecule has 3 aromatic carbocycles. The SMILES string of the molecule is Cc1ccc2c(c1)OC(=O)[C@@H]1C2=C[C@H](c2ccccc2)[C@H]2C(=O)N(c3ccccc3Cl)C(=O)[C@@H]12. The maximum atomic E-state index is 13.9. The van der Waals surface area contributed by atoms with E-state index in [1.54, 1.807) is 24.3 Å². The van der Waals surface area contributed by atoms with Crippen molar-refractivity contribution in [2.45, 2.75) is 12.8 Å². The number of allylic oxidation sites excluding steroid dienone is 1. The van der Waals surface area contributed by atoms with E-state index in [1.165, 1.54) is 0 Å². The van der Waals surface area contributed by atoms with Crippen LogP contribution in [0.5, 0.6) is 5.75 Å². The molecule has 2 heterocycles. The van der Waals surface area contributed by atoms with Crippen molar-refractivity contribution in [2.24, 2.45) is 17.8 Å². The Bertz CT molecular complexity index is 1400. The van der Waals surface area contributed by atoms with Gasteiger partial charge in [-0.3, -0.25) is 14.4 Å². The Morgan fingerprint density at radius 1 is 0.853 bits per heavy atom. The number of carbonyl (C=O) groups excluding carboxylic acids is 3. The Morgan fingerprint density at radius 3 is 2.32 bits per heavy atom. The summed E-state index contributed by atoms with van der Waals surface area (Å²) in [6, 6.07) is 22.1. The third-order valence-electron chi connectivity index (χ3n) is 7.03. The standard InChI is InChI=1S/C28H20ClNO4/c1-15-11-12-17-19-14-18(16-7-3-2-4-8-16)23-25(24(19)28(33)34-22(17)13-15)27(32)30(26(23)31)21-10-6-5-9-20(21)29/h2-14,18,23-25H,1H3/t18-,23-,24-,25-/m1/s1. The number of esters is 1. The molecule has 5 nitrogen and oxygen atoms in total. The number of hydrogen-bond donors (Lipinski definition) is 0. The highest BCUT2D eigenvalue weighted by atomic mass is 35.5. The van der Waals surface area contributed by atoms with Gasteiger partial charge in [0.2, 0.25) is 11.8 Å². The van der Waals surface area contributed by atoms with Crippen molar-refractivity contribution in [3.63, 3.8) is 0 Å². The van der Waals surface area contributed by atoms with Gasteiger partial charge in [-0.15, -0.1) is 0 Å². The average Bonchev–Trinajstić information content (AvgIpc) is 3.09. The summed E-state index contributed by atoms with van der Waals surface area (Å²) < 4.78 is 5.69. The molecule has 2 amide bonds. The lowest BCUT2D eigenvalue weighted by Crippen LogP contribution is -2.42. The number of anilines is 1. The van der Waals surface area contributed by atoms with Crippen LogP contribution in [-0.2, 0) is 14.4 Å². The van der Waals surface area contributed by atoms with Crippen LogP contribution in [0.4, 0.5) is 5.69 Å². The molecule has 168 valence electrons. The minimum absolute atomic E-state index is 0.305. The maximum Gasteiger partial charge on any atom is 0.319 e. The molecule has 0 bridgehead atoms. The second-order valence-electron chi connectivity index (χ2n) is 8.97. The molecule has 1 fully saturated rings. The third kappa shape index (κ3) is 2.97. The summed E-state index contributed by atoms with van der Waals surface area (Å²) in [7, 11) is 0. The first-order valence-corrected chi connectivity index (χ1v) is 11.5. The predicted octanol–water partition coefficient (Wildman–Crippen LogP) is 5.17. The fourth-order valence-electron chi connectivity index (χ4n) is 5.54. The minimum Gasteiger partial charge on any atom is -0.425 e. The van der Waals surface area contributed by atoms with Crippen molar-refractivity contribution in [1.29, 1.82) is 0 Å². The van der Waals surface area contributed by atoms with Crippen molar-refractivity contribution in [1.82, 2.24) is 0 Å². The fourth-order valence-corrected chi connectivity index (χ4v) is 5.76. The van der Waals surface area contributed by atoms with Gasteiger partial charge in [0, 0.05) is 11.5 Å². The van der Waals surface area contributed by atoms with Gasteiger partial charge in [-0.1, -0.05) is 72.3 Å². The van der Waals surface area contributed by atoms with Crippen LogP contribution in [0.15, 0.2) is 78.9 Å². The van der Waals surface area contributed by atoms with E-state index in [0.29, 0.717) is 16.5 Å². The molecule has 0 N–H and O–H groups in total. The normalized spacial score (nSPS) is 25.3. The lowest BCUT2D eigenvalue weighted by atomic mass is 9.64. The summed E-state index contributed by atoms with van der Waals surface area (Å²) in [5, 5.41) is 0.305. The minimum atomic E-state index is -0.879. The van der Waals surface area contributed by atoms with Crippen LogP contribution < -0.4 is 9.64 Å². The van der Waals surface area contributed by atoms with E-state index in [1.807, 2.05) is 61.5 Å². The van der Waals surface area contributed by atoms with E-state index < -0.39 is 29.6 Å². The molecule has 0 unspecified atom stereocenters. The molecule has 0 saturated carbocycles. The van der Waals surface area contributed by atoms with Gasteiger partial charge in [0.25, 0.3) is 0 Å². The first kappa shape index (κ1) is 20.9. The number of para-hydroxylation sites is 1. The second-order valence-corrected chi connectivity index (χ2v) is 9.38. The number of amides is 2. The second kappa shape index (κ2) is 7.67. The van der Waals surface area contributed by atoms with E-state index in [-0.39, 0.29) is 11.8 Å². The highest BCUT2D eigenvalue weighted by molar-refractivity contribution is 6.36. The fraction of sp³-hybridized carbons (Fsp3) is 0.179. The number of hydrogen-bond acceptors (Lipinski definition) is 4. The Hall–Kier alpha value is -3.70. The average molecular weight is 470 g/mol. The third-order valence-corrected chi connectivity index (χ3v) is 7.35. The smallest absolute Gasteiger partial charge is 0.319 e. The van der Waals surface area contributed by atoms with Gasteiger partial charge < -0.3 is 4.74 Å². The maximum absolute atomic E-state index is 13.9. The summed E-state index contributed by atoms with van der Waals surface area (Å²) in [6.45, 7) is 1.93. The Balaban J connectivity index is 1.57. The molecule has 34 heavy (non-hydrogen) atoms. The molecular weight excluding hydrogens is 450 g/mol. The van der Waals surface area contributed by atoms with Crippen LogP contribution in [0.3, 0.4) is 0 Å². The van der Waals surface area contributed by atoms with Crippen molar-refractivity contribution in [3.05, 3.63) is 101 Å². The first-order valence-electron chi connectivity index (χ1n) is 11.2. The lowest BCUT2D eigenvalue weighted by molar-refractivity contribution is -0.142. The van der Waals surface area contributed by atoms with Gasteiger partial charge in [-0.2, -0.15) is 0 Å². The lowest BCUT2D eigenvalue weighted by Gasteiger charge is -2.38. The molecule has 0 radical (unpaired) electrons. The Kier molecular flexibility index (Phi) is 4.71. The van der Waals surface area contributed by atoms with Gasteiger partial charge in [0.1, 0.15) is 5.75 Å². The highest BCUT2D eigenvalue weighted by Crippen LogP contribution is 2.55. The Labute approximate surface area is 201 Å². The molecule has 0 aromatic heterocycles. The summed E-state index contributed by atoms with van der Waals surface area (Å²) in [5.74, 6) is -3.65. The monoisotopic (exact) mass is 469 g/mol. The van der Waals surface area contributed by atoms with Crippen LogP contribution in [0.1, 0.15) is 22.6 Å². The largest absolute Gasteiger partial charge is 0.425 e. The van der Waals surface area contributed by atoms with E-state index in [0.717, 1.165) is 27.2 Å². The molecule has 3 aliphatic rings. The van der Waals surface area contributed by atoms with Crippen LogP contribution in [-0.4, -0.2) is 17.8 Å². The topological polar surface area (TPSA) is 63.7 Å². The van der Waals surface area contributed by atoms with Crippen molar-refractivity contribution in [3.8, 4) is 5.75 Å². The van der Waals surface area contributed by atoms with Gasteiger partial charge in [0.15, 0.2) is 0 Å². The number of benzene rings is 3. The Morgan fingerprint density at radius 2 is 1.56 bits per heavy atom. The number of aryl methyl sites for hydroxylation is 1. The summed E-state index contributed by atoms with van der Waals surface area (Å²) in [5.41, 5.74) is 3.74. The van der Waals surface area contributed by atoms with E-state index in [2.05, 4.69) is 0 Å². The molecular formula is C28H20ClNO4. The predicted molar refractivity (Wildman–Crippen MR) is 128 cm³/mol. The van der Waals surface area contributed by atoms with Crippen LogP contribution in [0.2, 0.25) is 5.02 Å². The molecule has 0 spiro atoms. The van der Waals surface area contributed by atoms with Gasteiger partial charge in [-0.05, 0) is 41.8 Å².